The summed E-state index contributed by atoms with van der Waals surface area (Å²) in [5.41, 5.74) is 11.7. The van der Waals surface area contributed by atoms with E-state index in [9.17, 15) is 0 Å². The van der Waals surface area contributed by atoms with Gasteiger partial charge in [0.25, 0.3) is 0 Å². The quantitative estimate of drug-likeness (QED) is 0.172. The fourth-order valence-electron chi connectivity index (χ4n) is 8.28. The molecule has 11 aromatic rings. The lowest BCUT2D eigenvalue weighted by atomic mass is 9.95. The smallest absolute Gasteiger partial charge is 0.238 e. The van der Waals surface area contributed by atoms with Gasteiger partial charge in [0.15, 0.2) is 11.6 Å². The molecular formula is C51H33N5. The molecule has 8 aromatic carbocycles. The number of aromatic nitrogens is 5. The fourth-order valence-corrected chi connectivity index (χ4v) is 8.28. The molecule has 0 aliphatic carbocycles. The molecule has 0 amide bonds. The van der Waals surface area contributed by atoms with Crippen molar-refractivity contribution in [1.29, 1.82) is 0 Å². The number of fused-ring (bicyclic) bond motifs is 6. The third-order valence-electron chi connectivity index (χ3n) is 10.8. The van der Waals surface area contributed by atoms with Crippen molar-refractivity contribution in [3.05, 3.63) is 200 Å². The first-order chi connectivity index (χ1) is 27.8. The zero-order chi connectivity index (χ0) is 37.0. The first kappa shape index (κ1) is 31.9. The Kier molecular flexibility index (Phi) is 7.42. The van der Waals surface area contributed by atoms with Gasteiger partial charge in [0.05, 0.1) is 27.8 Å². The third-order valence-corrected chi connectivity index (χ3v) is 10.8. The summed E-state index contributed by atoms with van der Waals surface area (Å²) in [4.78, 5) is 16.0. The van der Waals surface area contributed by atoms with E-state index in [1.54, 1.807) is 0 Å². The van der Waals surface area contributed by atoms with Crippen molar-refractivity contribution in [3.63, 3.8) is 0 Å². The molecule has 0 N–H and O–H groups in total. The number of benzene rings is 8. The monoisotopic (exact) mass is 715 g/mol. The van der Waals surface area contributed by atoms with Crippen molar-refractivity contribution in [2.24, 2.45) is 0 Å². The number of hydrogen-bond donors (Lipinski definition) is 0. The highest BCUT2D eigenvalue weighted by molar-refractivity contribution is 6.15. The van der Waals surface area contributed by atoms with Crippen LogP contribution in [0.25, 0.3) is 100 Å². The largest absolute Gasteiger partial charge is 0.309 e. The van der Waals surface area contributed by atoms with Gasteiger partial charge in [0.2, 0.25) is 5.95 Å². The molecule has 5 heteroatoms. The van der Waals surface area contributed by atoms with E-state index in [4.69, 9.17) is 15.0 Å². The van der Waals surface area contributed by atoms with E-state index in [0.717, 1.165) is 66.3 Å². The van der Waals surface area contributed by atoms with Gasteiger partial charge in [-0.1, -0.05) is 158 Å². The van der Waals surface area contributed by atoms with Gasteiger partial charge in [-0.25, -0.2) is 4.98 Å². The van der Waals surface area contributed by atoms with Crippen molar-refractivity contribution in [2.75, 3.05) is 0 Å². The topological polar surface area (TPSA) is 48.5 Å². The number of hydrogen-bond acceptors (Lipinski definition) is 3. The molecular weight excluding hydrogens is 683 g/mol. The molecule has 0 aliphatic rings. The summed E-state index contributed by atoms with van der Waals surface area (Å²) in [7, 11) is 0. The van der Waals surface area contributed by atoms with E-state index in [1.807, 2.05) is 18.2 Å². The molecule has 3 heterocycles. The predicted molar refractivity (Wildman–Crippen MR) is 230 cm³/mol. The van der Waals surface area contributed by atoms with Gasteiger partial charge in [0, 0.05) is 38.2 Å². The van der Waals surface area contributed by atoms with Gasteiger partial charge in [-0.3, -0.25) is 4.57 Å². The highest BCUT2D eigenvalue weighted by atomic mass is 15.2. The van der Waals surface area contributed by atoms with E-state index < -0.39 is 0 Å². The van der Waals surface area contributed by atoms with Crippen LogP contribution in [0.2, 0.25) is 0 Å². The average molecular weight is 716 g/mol. The van der Waals surface area contributed by atoms with Gasteiger partial charge in [0.1, 0.15) is 0 Å². The molecule has 0 radical (unpaired) electrons. The Labute approximate surface area is 323 Å². The molecule has 0 spiro atoms. The first-order valence-corrected chi connectivity index (χ1v) is 18.9. The van der Waals surface area contributed by atoms with Crippen LogP contribution >= 0.6 is 0 Å². The standard InChI is InChI=1S/C51H33N5/c1-4-18-34(19-5-1)37-32-42(35-20-6-2-7-21-35)48-43(33-37)40-26-12-16-30-46(40)56(48)51-53-49(36-22-8-3-9-23-36)52-50(54-51)41-27-13-17-31-47(41)55-44-28-14-10-24-38(44)39-25-11-15-29-45(39)55/h1-33H. The Morgan fingerprint density at radius 3 is 1.43 bits per heavy atom. The number of rotatable bonds is 6. The lowest BCUT2D eigenvalue weighted by Gasteiger charge is -2.16. The summed E-state index contributed by atoms with van der Waals surface area (Å²) in [6, 6.07) is 70.3. The molecule has 5 nitrogen and oxygen atoms in total. The second-order valence-corrected chi connectivity index (χ2v) is 14.0. The third kappa shape index (κ3) is 5.13. The Morgan fingerprint density at radius 1 is 0.304 bits per heavy atom. The van der Waals surface area contributed by atoms with E-state index in [2.05, 4.69) is 191 Å². The Bertz CT molecular complexity index is 3180. The van der Waals surface area contributed by atoms with Crippen LogP contribution in [0, 0.1) is 0 Å². The molecule has 0 saturated heterocycles. The van der Waals surface area contributed by atoms with Crippen molar-refractivity contribution >= 4 is 43.6 Å². The maximum Gasteiger partial charge on any atom is 0.238 e. The second-order valence-electron chi connectivity index (χ2n) is 14.0. The minimum atomic E-state index is 0.557. The molecule has 0 unspecified atom stereocenters. The van der Waals surface area contributed by atoms with Crippen molar-refractivity contribution in [2.45, 2.75) is 0 Å². The number of para-hydroxylation sites is 4. The normalized spacial score (nSPS) is 11.6. The van der Waals surface area contributed by atoms with Gasteiger partial charge in [-0.05, 0) is 59.2 Å². The summed E-state index contributed by atoms with van der Waals surface area (Å²) in [5, 5.41) is 4.67. The zero-order valence-corrected chi connectivity index (χ0v) is 30.3. The minimum absolute atomic E-state index is 0.557. The summed E-state index contributed by atoms with van der Waals surface area (Å²) in [6.07, 6.45) is 0. The average Bonchev–Trinajstić information content (AvgIpc) is 3.80. The van der Waals surface area contributed by atoms with Gasteiger partial charge in [-0.2, -0.15) is 9.97 Å². The fraction of sp³-hybridized carbons (Fsp3) is 0. The molecule has 11 rings (SSSR count). The Hall–Kier alpha value is -7.63. The van der Waals surface area contributed by atoms with Crippen LogP contribution in [-0.4, -0.2) is 24.1 Å². The summed E-state index contributed by atoms with van der Waals surface area (Å²) in [6.45, 7) is 0. The Balaban J connectivity index is 1.24. The van der Waals surface area contributed by atoms with Crippen LogP contribution in [0.1, 0.15) is 0 Å². The van der Waals surface area contributed by atoms with Crippen molar-refractivity contribution in [3.8, 4) is 56.7 Å². The number of nitrogens with zero attached hydrogens (tertiary/aromatic N) is 5. The molecule has 0 bridgehead atoms. The van der Waals surface area contributed by atoms with E-state index in [0.29, 0.717) is 17.6 Å². The summed E-state index contributed by atoms with van der Waals surface area (Å²) >= 11 is 0. The van der Waals surface area contributed by atoms with E-state index >= 15 is 0 Å². The predicted octanol–water partition coefficient (Wildman–Crippen LogP) is 12.7. The summed E-state index contributed by atoms with van der Waals surface area (Å²) in [5.74, 6) is 1.76. The van der Waals surface area contributed by atoms with Crippen LogP contribution in [-0.2, 0) is 0 Å². The van der Waals surface area contributed by atoms with Crippen molar-refractivity contribution in [1.82, 2.24) is 24.1 Å². The molecule has 0 aliphatic heterocycles. The van der Waals surface area contributed by atoms with Gasteiger partial charge < -0.3 is 4.57 Å². The van der Waals surface area contributed by atoms with E-state index in [1.165, 1.54) is 16.3 Å². The lowest BCUT2D eigenvalue weighted by molar-refractivity contribution is 0.952. The van der Waals surface area contributed by atoms with Gasteiger partial charge >= 0.3 is 0 Å². The minimum Gasteiger partial charge on any atom is -0.309 e. The van der Waals surface area contributed by atoms with Crippen LogP contribution < -0.4 is 0 Å². The van der Waals surface area contributed by atoms with Crippen molar-refractivity contribution < 1.29 is 0 Å². The highest BCUT2D eigenvalue weighted by Gasteiger charge is 2.23. The highest BCUT2D eigenvalue weighted by Crippen LogP contribution is 2.42. The van der Waals surface area contributed by atoms with Crippen LogP contribution in [0.4, 0.5) is 0 Å². The van der Waals surface area contributed by atoms with Crippen LogP contribution in [0.3, 0.4) is 0 Å². The molecule has 0 saturated carbocycles. The first-order valence-electron chi connectivity index (χ1n) is 18.9. The molecule has 0 fully saturated rings. The maximum atomic E-state index is 5.45. The van der Waals surface area contributed by atoms with Crippen LogP contribution in [0.5, 0.6) is 0 Å². The van der Waals surface area contributed by atoms with E-state index in [-0.39, 0.29) is 0 Å². The SMILES string of the molecule is c1ccc(-c2cc(-c3ccccc3)c3c(c2)c2ccccc2n3-c2nc(-c3ccccc3)nc(-c3ccccc3-n3c4ccccc4c4ccccc43)n2)cc1. The van der Waals surface area contributed by atoms with Crippen LogP contribution in [0.15, 0.2) is 200 Å². The second kappa shape index (κ2) is 13.0. The zero-order valence-electron chi connectivity index (χ0n) is 30.3. The Morgan fingerprint density at radius 2 is 0.786 bits per heavy atom. The molecule has 56 heavy (non-hydrogen) atoms. The van der Waals surface area contributed by atoms with Gasteiger partial charge in [-0.15, -0.1) is 0 Å². The lowest BCUT2D eigenvalue weighted by Crippen LogP contribution is -2.08. The maximum absolute atomic E-state index is 5.45. The molecule has 3 aromatic heterocycles. The molecule has 0 atom stereocenters. The molecule has 262 valence electrons. The summed E-state index contributed by atoms with van der Waals surface area (Å²) < 4.78 is 4.58.